The summed E-state index contributed by atoms with van der Waals surface area (Å²) in [4.78, 5) is 25.3. The average Bonchev–Trinajstić information content (AvgIpc) is 2.88. The van der Waals surface area contributed by atoms with E-state index in [2.05, 4.69) is 21.2 Å². The molecular formula is C18H15BrN2O4S. The van der Waals surface area contributed by atoms with Crippen molar-refractivity contribution in [3.8, 4) is 11.8 Å². The number of benzene rings is 1. The largest absolute Gasteiger partial charge is 0.507 e. The van der Waals surface area contributed by atoms with Crippen molar-refractivity contribution in [1.82, 2.24) is 0 Å². The molecule has 0 saturated heterocycles. The molecule has 2 aromatic rings. The van der Waals surface area contributed by atoms with Gasteiger partial charge in [0, 0.05) is 14.9 Å². The lowest BCUT2D eigenvalue weighted by atomic mass is 10.1. The van der Waals surface area contributed by atoms with Gasteiger partial charge in [-0.1, -0.05) is 15.9 Å². The number of esters is 1. The first-order valence-corrected chi connectivity index (χ1v) is 8.99. The van der Waals surface area contributed by atoms with Gasteiger partial charge in [-0.25, -0.2) is 4.79 Å². The third-order valence-corrected chi connectivity index (χ3v) is 5.27. The lowest BCUT2D eigenvalue weighted by Gasteiger charge is -2.06. The Morgan fingerprint density at radius 2 is 2.08 bits per heavy atom. The lowest BCUT2D eigenvalue weighted by molar-refractivity contribution is -0.112. The lowest BCUT2D eigenvalue weighted by Crippen LogP contribution is -2.15. The zero-order chi connectivity index (χ0) is 19.4. The number of rotatable bonds is 4. The van der Waals surface area contributed by atoms with Gasteiger partial charge in [0.05, 0.1) is 12.7 Å². The topological polar surface area (TPSA) is 99.4 Å². The summed E-state index contributed by atoms with van der Waals surface area (Å²) in [5.41, 5.74) is 1.09. The summed E-state index contributed by atoms with van der Waals surface area (Å²) in [5.74, 6) is -1.31. The summed E-state index contributed by atoms with van der Waals surface area (Å²) in [6.07, 6.45) is 1.28. The monoisotopic (exact) mass is 434 g/mol. The number of thiophene rings is 1. The van der Waals surface area contributed by atoms with Gasteiger partial charge in [0.1, 0.15) is 22.4 Å². The summed E-state index contributed by atoms with van der Waals surface area (Å²) >= 11 is 4.50. The van der Waals surface area contributed by atoms with E-state index in [1.807, 2.05) is 13.0 Å². The van der Waals surface area contributed by atoms with Crippen molar-refractivity contribution < 1.29 is 19.4 Å². The number of hydrogen-bond donors (Lipinski definition) is 2. The summed E-state index contributed by atoms with van der Waals surface area (Å²) in [6.45, 7) is 3.58. The molecule has 1 heterocycles. The third-order valence-electron chi connectivity index (χ3n) is 3.66. The molecule has 1 amide bonds. The highest BCUT2D eigenvalue weighted by Gasteiger charge is 2.22. The molecular weight excluding hydrogens is 420 g/mol. The molecule has 134 valence electrons. The summed E-state index contributed by atoms with van der Waals surface area (Å²) in [5, 5.41) is 22.1. The predicted octanol–water partition coefficient (Wildman–Crippen LogP) is 4.17. The standard InChI is InChI=1S/C18H15BrN2O4S/c1-9-10(2)26-17(15(9)18(24)25-3)21-16(23)12(8-20)6-11-7-13(19)4-5-14(11)22/h4-7,22H,1-3H3,(H,21,23)/b12-6+. The fraction of sp³-hybridized carbons (Fsp3) is 0.167. The van der Waals surface area contributed by atoms with E-state index in [1.54, 1.807) is 19.1 Å². The number of hydrogen-bond acceptors (Lipinski definition) is 6. The average molecular weight is 435 g/mol. The van der Waals surface area contributed by atoms with Gasteiger partial charge in [-0.15, -0.1) is 11.3 Å². The van der Waals surface area contributed by atoms with Crippen LogP contribution in [0.25, 0.3) is 6.08 Å². The normalized spacial score (nSPS) is 11.0. The SMILES string of the molecule is COC(=O)c1c(NC(=O)/C(C#N)=C/c2cc(Br)ccc2O)sc(C)c1C. The Balaban J connectivity index is 2.38. The van der Waals surface area contributed by atoms with Crippen LogP contribution in [-0.4, -0.2) is 24.1 Å². The van der Waals surface area contributed by atoms with Crippen molar-refractivity contribution in [2.24, 2.45) is 0 Å². The second-order valence-corrected chi connectivity index (χ2v) is 7.45. The van der Waals surface area contributed by atoms with Gasteiger partial charge in [-0.3, -0.25) is 4.79 Å². The highest BCUT2D eigenvalue weighted by atomic mass is 79.9. The third kappa shape index (κ3) is 4.12. The van der Waals surface area contributed by atoms with Crippen LogP contribution in [0.1, 0.15) is 26.4 Å². The summed E-state index contributed by atoms with van der Waals surface area (Å²) < 4.78 is 5.45. The maximum atomic E-state index is 12.5. The summed E-state index contributed by atoms with van der Waals surface area (Å²) in [7, 11) is 1.26. The van der Waals surface area contributed by atoms with Crippen LogP contribution in [0.5, 0.6) is 5.75 Å². The van der Waals surface area contributed by atoms with Crippen LogP contribution in [0.15, 0.2) is 28.2 Å². The van der Waals surface area contributed by atoms with E-state index in [0.29, 0.717) is 20.6 Å². The van der Waals surface area contributed by atoms with Crippen molar-refractivity contribution in [1.29, 1.82) is 5.26 Å². The Morgan fingerprint density at radius 3 is 2.69 bits per heavy atom. The van der Waals surface area contributed by atoms with E-state index in [0.717, 1.165) is 4.88 Å². The van der Waals surface area contributed by atoms with Gasteiger partial charge in [-0.2, -0.15) is 5.26 Å². The van der Waals surface area contributed by atoms with Crippen molar-refractivity contribution in [3.05, 3.63) is 49.8 Å². The number of halogens is 1. The van der Waals surface area contributed by atoms with Crippen LogP contribution < -0.4 is 5.32 Å². The Hall–Kier alpha value is -2.63. The minimum atomic E-state index is -0.682. The number of nitrogens with one attached hydrogen (secondary N) is 1. The molecule has 1 aromatic heterocycles. The Labute approximate surface area is 162 Å². The van der Waals surface area contributed by atoms with E-state index < -0.39 is 11.9 Å². The van der Waals surface area contributed by atoms with Crippen LogP contribution in [0.3, 0.4) is 0 Å². The fourth-order valence-corrected chi connectivity index (χ4v) is 3.60. The first-order valence-electron chi connectivity index (χ1n) is 7.38. The molecule has 8 heteroatoms. The predicted molar refractivity (Wildman–Crippen MR) is 103 cm³/mol. The second-order valence-electron chi connectivity index (χ2n) is 5.31. The van der Waals surface area contributed by atoms with E-state index >= 15 is 0 Å². The van der Waals surface area contributed by atoms with E-state index in [4.69, 9.17) is 4.74 Å². The second kappa shape index (κ2) is 8.17. The van der Waals surface area contributed by atoms with E-state index in [-0.39, 0.29) is 16.9 Å². The van der Waals surface area contributed by atoms with Gasteiger partial charge in [0.2, 0.25) is 0 Å². The summed E-state index contributed by atoms with van der Waals surface area (Å²) in [6, 6.07) is 6.48. The van der Waals surface area contributed by atoms with Crippen LogP contribution in [0, 0.1) is 25.2 Å². The molecule has 26 heavy (non-hydrogen) atoms. The molecule has 0 atom stereocenters. The fourth-order valence-electron chi connectivity index (χ4n) is 2.18. The molecule has 6 nitrogen and oxygen atoms in total. The maximum absolute atomic E-state index is 12.5. The van der Waals surface area contributed by atoms with Gasteiger partial charge in [-0.05, 0) is 43.7 Å². The zero-order valence-electron chi connectivity index (χ0n) is 14.2. The molecule has 0 radical (unpaired) electrons. The number of phenolic OH excluding ortho intramolecular Hbond substituents is 1. The first kappa shape index (κ1) is 19.7. The van der Waals surface area contributed by atoms with E-state index in [1.165, 1.54) is 30.6 Å². The van der Waals surface area contributed by atoms with Crippen molar-refractivity contribution in [3.63, 3.8) is 0 Å². The number of nitrogens with zero attached hydrogens (tertiary/aromatic N) is 1. The molecule has 0 unspecified atom stereocenters. The molecule has 0 aliphatic heterocycles. The number of anilines is 1. The number of nitriles is 1. The van der Waals surface area contributed by atoms with Crippen LogP contribution in [0.2, 0.25) is 0 Å². The van der Waals surface area contributed by atoms with Crippen LogP contribution >= 0.6 is 27.3 Å². The molecule has 0 spiro atoms. The smallest absolute Gasteiger partial charge is 0.341 e. The Bertz CT molecular complexity index is 957. The Morgan fingerprint density at radius 1 is 1.38 bits per heavy atom. The zero-order valence-corrected chi connectivity index (χ0v) is 16.6. The van der Waals surface area contributed by atoms with Gasteiger partial charge < -0.3 is 15.2 Å². The molecule has 1 aromatic carbocycles. The number of carbonyl (C=O) groups is 2. The van der Waals surface area contributed by atoms with Crippen LogP contribution in [0.4, 0.5) is 5.00 Å². The van der Waals surface area contributed by atoms with E-state index in [9.17, 15) is 20.0 Å². The number of phenols is 1. The highest BCUT2D eigenvalue weighted by molar-refractivity contribution is 9.10. The van der Waals surface area contributed by atoms with Gasteiger partial charge in [0.25, 0.3) is 5.91 Å². The molecule has 0 fully saturated rings. The van der Waals surface area contributed by atoms with Gasteiger partial charge >= 0.3 is 5.97 Å². The number of aromatic hydroxyl groups is 1. The minimum Gasteiger partial charge on any atom is -0.507 e. The molecule has 0 aliphatic rings. The van der Waals surface area contributed by atoms with Crippen molar-refractivity contribution in [2.75, 3.05) is 12.4 Å². The van der Waals surface area contributed by atoms with Gasteiger partial charge in [0.15, 0.2) is 0 Å². The number of amides is 1. The van der Waals surface area contributed by atoms with Crippen molar-refractivity contribution in [2.45, 2.75) is 13.8 Å². The van der Waals surface area contributed by atoms with Crippen LogP contribution in [-0.2, 0) is 9.53 Å². The first-order chi connectivity index (χ1) is 12.3. The highest BCUT2D eigenvalue weighted by Crippen LogP contribution is 2.33. The molecule has 2 N–H and O–H groups in total. The Kier molecular flexibility index (Phi) is 6.18. The van der Waals surface area contributed by atoms with Crippen molar-refractivity contribution >= 4 is 50.2 Å². The quantitative estimate of drug-likeness (QED) is 0.427. The number of methoxy groups -OCH3 is 1. The number of carbonyl (C=O) groups excluding carboxylic acids is 2. The minimum absolute atomic E-state index is 0.0631. The molecule has 0 bridgehead atoms. The molecule has 0 aliphatic carbocycles. The maximum Gasteiger partial charge on any atom is 0.341 e. The number of ether oxygens (including phenoxy) is 1. The number of aryl methyl sites for hydroxylation is 1. The molecule has 2 rings (SSSR count). The molecule has 0 saturated carbocycles.